The first-order valence-electron chi connectivity index (χ1n) is 11.7. The summed E-state index contributed by atoms with van der Waals surface area (Å²) >= 11 is 11.9. The van der Waals surface area contributed by atoms with Gasteiger partial charge in [0.2, 0.25) is 0 Å². The van der Waals surface area contributed by atoms with Gasteiger partial charge in [-0.2, -0.15) is 5.10 Å². The van der Waals surface area contributed by atoms with Crippen molar-refractivity contribution in [3.05, 3.63) is 75.5 Å². The van der Waals surface area contributed by atoms with E-state index in [2.05, 4.69) is 10.4 Å². The molecule has 0 aliphatic carbocycles. The van der Waals surface area contributed by atoms with Crippen LogP contribution in [0.5, 0.6) is 5.75 Å². The van der Waals surface area contributed by atoms with Crippen LogP contribution >= 0.6 is 23.2 Å². The molecule has 2 amide bonds. The SMILES string of the molecule is CCn1nc(C)cc1C(=O)N1CCC(c2ccc(NC(=O)COc3ccc(Cl)c(Cl)c3)cc2)CC1. The van der Waals surface area contributed by atoms with Crippen LogP contribution in [-0.4, -0.2) is 46.2 Å². The van der Waals surface area contributed by atoms with E-state index < -0.39 is 0 Å². The lowest BCUT2D eigenvalue weighted by atomic mass is 9.89. The van der Waals surface area contributed by atoms with Gasteiger partial charge < -0.3 is 15.0 Å². The second-order valence-corrected chi connectivity index (χ2v) is 9.40. The van der Waals surface area contributed by atoms with E-state index in [4.69, 9.17) is 27.9 Å². The highest BCUT2D eigenvalue weighted by atomic mass is 35.5. The van der Waals surface area contributed by atoms with Crippen molar-refractivity contribution in [2.45, 2.75) is 39.2 Å². The van der Waals surface area contributed by atoms with Gasteiger partial charge in [-0.1, -0.05) is 35.3 Å². The first-order valence-corrected chi connectivity index (χ1v) is 12.4. The molecule has 0 radical (unpaired) electrons. The molecule has 9 heteroatoms. The molecule has 184 valence electrons. The van der Waals surface area contributed by atoms with Gasteiger partial charge in [0.1, 0.15) is 11.4 Å². The number of piperidine rings is 1. The van der Waals surface area contributed by atoms with Gasteiger partial charge in [0.15, 0.2) is 6.61 Å². The molecule has 4 rings (SSSR count). The van der Waals surface area contributed by atoms with E-state index in [1.165, 1.54) is 5.56 Å². The molecule has 1 aromatic heterocycles. The number of halogens is 2. The molecular formula is C26H28Cl2N4O3. The van der Waals surface area contributed by atoms with Crippen molar-refractivity contribution < 1.29 is 14.3 Å². The number of ether oxygens (including phenoxy) is 1. The normalized spacial score (nSPS) is 14.1. The van der Waals surface area contributed by atoms with E-state index >= 15 is 0 Å². The maximum absolute atomic E-state index is 13.0. The molecule has 0 bridgehead atoms. The van der Waals surface area contributed by atoms with Crippen LogP contribution in [0.2, 0.25) is 10.0 Å². The van der Waals surface area contributed by atoms with Gasteiger partial charge in [-0.15, -0.1) is 0 Å². The Morgan fingerprint density at radius 1 is 1.06 bits per heavy atom. The van der Waals surface area contributed by atoms with Gasteiger partial charge in [-0.3, -0.25) is 14.3 Å². The number of nitrogens with one attached hydrogen (secondary N) is 1. The zero-order valence-corrected chi connectivity index (χ0v) is 21.3. The van der Waals surface area contributed by atoms with E-state index in [0.717, 1.165) is 18.5 Å². The molecule has 1 aliphatic heterocycles. The zero-order valence-electron chi connectivity index (χ0n) is 19.8. The van der Waals surface area contributed by atoms with Crippen LogP contribution in [-0.2, 0) is 11.3 Å². The van der Waals surface area contributed by atoms with Gasteiger partial charge in [0.25, 0.3) is 11.8 Å². The van der Waals surface area contributed by atoms with Crippen molar-refractivity contribution in [1.29, 1.82) is 0 Å². The molecule has 0 saturated carbocycles. The van der Waals surface area contributed by atoms with Crippen LogP contribution in [0.25, 0.3) is 0 Å². The maximum Gasteiger partial charge on any atom is 0.272 e. The maximum atomic E-state index is 13.0. The third-order valence-corrected chi connectivity index (χ3v) is 6.87. The molecule has 0 unspecified atom stereocenters. The summed E-state index contributed by atoms with van der Waals surface area (Å²) in [5.74, 6) is 0.632. The van der Waals surface area contributed by atoms with Gasteiger partial charge in [0.05, 0.1) is 15.7 Å². The minimum absolute atomic E-state index is 0.0482. The van der Waals surface area contributed by atoms with Crippen molar-refractivity contribution in [3.63, 3.8) is 0 Å². The Morgan fingerprint density at radius 3 is 2.43 bits per heavy atom. The number of amides is 2. The number of rotatable bonds is 7. The number of benzene rings is 2. The average Bonchev–Trinajstić information content (AvgIpc) is 3.25. The van der Waals surface area contributed by atoms with Gasteiger partial charge in [-0.05, 0) is 68.5 Å². The minimum atomic E-state index is -0.266. The fraction of sp³-hybridized carbons (Fsp3) is 0.346. The number of carbonyl (C=O) groups excluding carboxylic acids is 2. The van der Waals surface area contributed by atoms with Crippen molar-refractivity contribution in [3.8, 4) is 5.75 Å². The molecule has 0 spiro atoms. The topological polar surface area (TPSA) is 76.5 Å². The molecule has 35 heavy (non-hydrogen) atoms. The lowest BCUT2D eigenvalue weighted by Crippen LogP contribution is -2.38. The minimum Gasteiger partial charge on any atom is -0.484 e. The van der Waals surface area contributed by atoms with E-state index in [1.54, 1.807) is 22.9 Å². The van der Waals surface area contributed by atoms with Crippen molar-refractivity contribution in [1.82, 2.24) is 14.7 Å². The lowest BCUT2D eigenvalue weighted by molar-refractivity contribution is -0.118. The van der Waals surface area contributed by atoms with E-state index in [-0.39, 0.29) is 18.4 Å². The molecule has 1 N–H and O–H groups in total. The number of anilines is 1. The number of carbonyl (C=O) groups is 2. The van der Waals surface area contributed by atoms with E-state index in [9.17, 15) is 9.59 Å². The summed E-state index contributed by atoms with van der Waals surface area (Å²) in [5.41, 5.74) is 3.42. The van der Waals surface area contributed by atoms with Crippen molar-refractivity contribution >= 4 is 40.7 Å². The molecule has 3 aromatic rings. The van der Waals surface area contributed by atoms with Crippen molar-refractivity contribution in [2.24, 2.45) is 0 Å². The Kier molecular flexibility index (Phi) is 7.98. The highest BCUT2D eigenvalue weighted by molar-refractivity contribution is 6.42. The number of nitrogens with zero attached hydrogens (tertiary/aromatic N) is 3. The number of hydrogen-bond donors (Lipinski definition) is 1. The Bertz CT molecular complexity index is 1200. The third kappa shape index (κ3) is 6.16. The predicted octanol–water partition coefficient (Wildman–Crippen LogP) is 5.56. The van der Waals surface area contributed by atoms with Crippen molar-refractivity contribution in [2.75, 3.05) is 25.0 Å². The van der Waals surface area contributed by atoms with Gasteiger partial charge in [0, 0.05) is 31.4 Å². The molecule has 2 aromatic carbocycles. The molecule has 1 aliphatic rings. The summed E-state index contributed by atoms with van der Waals surface area (Å²) in [6.45, 7) is 5.86. The fourth-order valence-corrected chi connectivity index (χ4v) is 4.58. The van der Waals surface area contributed by atoms with Gasteiger partial charge >= 0.3 is 0 Å². The first-order chi connectivity index (χ1) is 16.8. The van der Waals surface area contributed by atoms with Crippen LogP contribution < -0.4 is 10.1 Å². The van der Waals surface area contributed by atoms with Crippen LogP contribution in [0.4, 0.5) is 5.69 Å². The molecule has 1 fully saturated rings. The second-order valence-electron chi connectivity index (χ2n) is 8.59. The summed E-state index contributed by atoms with van der Waals surface area (Å²) in [6, 6.07) is 14.6. The zero-order chi connectivity index (χ0) is 24.9. The quantitative estimate of drug-likeness (QED) is 0.447. The van der Waals surface area contributed by atoms with Crippen LogP contribution in [0, 0.1) is 6.92 Å². The molecule has 7 nitrogen and oxygen atoms in total. The second kappa shape index (κ2) is 11.1. The number of likely N-dealkylation sites (tertiary alicyclic amines) is 1. The molecule has 1 saturated heterocycles. The number of aryl methyl sites for hydroxylation is 2. The summed E-state index contributed by atoms with van der Waals surface area (Å²) < 4.78 is 7.25. The lowest BCUT2D eigenvalue weighted by Gasteiger charge is -2.32. The van der Waals surface area contributed by atoms with E-state index in [0.29, 0.717) is 52.7 Å². The first kappa shape index (κ1) is 25.1. The third-order valence-electron chi connectivity index (χ3n) is 6.13. The Labute approximate surface area is 215 Å². The molecular weight excluding hydrogens is 487 g/mol. The highest BCUT2D eigenvalue weighted by Crippen LogP contribution is 2.30. The standard InChI is InChI=1S/C26H28Cl2N4O3/c1-3-32-24(14-17(2)30-32)26(34)31-12-10-19(11-13-31)18-4-6-20(7-5-18)29-25(33)16-35-21-8-9-22(27)23(28)15-21/h4-9,14-15,19H,3,10-13,16H2,1-2H3,(H,29,33). The monoisotopic (exact) mass is 514 g/mol. The number of hydrogen-bond acceptors (Lipinski definition) is 4. The van der Waals surface area contributed by atoms with Gasteiger partial charge in [-0.25, -0.2) is 0 Å². The summed E-state index contributed by atoms with van der Waals surface area (Å²) in [7, 11) is 0. The van der Waals surface area contributed by atoms with Crippen LogP contribution in [0.3, 0.4) is 0 Å². The Hall–Kier alpha value is -3.03. The largest absolute Gasteiger partial charge is 0.484 e. The smallest absolute Gasteiger partial charge is 0.272 e. The summed E-state index contributed by atoms with van der Waals surface area (Å²) in [6.07, 6.45) is 1.79. The Balaban J connectivity index is 1.27. The Morgan fingerprint density at radius 2 is 1.77 bits per heavy atom. The molecule has 2 heterocycles. The molecule has 0 atom stereocenters. The van der Waals surface area contributed by atoms with Crippen LogP contribution in [0.1, 0.15) is 47.4 Å². The highest BCUT2D eigenvalue weighted by Gasteiger charge is 2.26. The average molecular weight is 515 g/mol. The van der Waals surface area contributed by atoms with Crippen LogP contribution in [0.15, 0.2) is 48.5 Å². The summed E-state index contributed by atoms with van der Waals surface area (Å²) in [5, 5.41) is 8.03. The predicted molar refractivity (Wildman–Crippen MR) is 138 cm³/mol. The summed E-state index contributed by atoms with van der Waals surface area (Å²) in [4.78, 5) is 27.1. The number of aromatic nitrogens is 2. The van der Waals surface area contributed by atoms with E-state index in [1.807, 2.05) is 49.1 Å². The fourth-order valence-electron chi connectivity index (χ4n) is 4.29.